The fourth-order valence-corrected chi connectivity index (χ4v) is 5.12. The number of aldehydes is 1. The van der Waals surface area contributed by atoms with E-state index in [1.54, 1.807) is 25.1 Å². The first-order chi connectivity index (χ1) is 22.1. The minimum absolute atomic E-state index is 0.0840. The first-order valence-electron chi connectivity index (χ1n) is 14.9. The number of hydrogen-bond donors (Lipinski definition) is 4. The number of carboxylic acid groups (broad SMARTS) is 1. The predicted molar refractivity (Wildman–Crippen MR) is 162 cm³/mol. The molecule has 12 nitrogen and oxygen atoms in total. The van der Waals surface area contributed by atoms with Gasteiger partial charge in [0.15, 0.2) is 0 Å². The lowest BCUT2D eigenvalue weighted by Gasteiger charge is -2.26. The number of carboxylic acids is 1. The van der Waals surface area contributed by atoms with E-state index < -0.39 is 78.5 Å². The van der Waals surface area contributed by atoms with Crippen molar-refractivity contribution in [3.63, 3.8) is 0 Å². The highest BCUT2D eigenvalue weighted by atomic mass is 19.4. The SMILES string of the molecule is CC[C@H](C)[C@H](NC(C)=O)C(=O)NCC(=O)N1C[C@@H](Oc2cccc(-c3cccc(C(F)(F)F)c3)c2)C[C@H]1C(=O)N[C@H](C=O)CC(=O)O. The van der Waals surface area contributed by atoms with Crippen LogP contribution < -0.4 is 20.7 Å². The summed E-state index contributed by atoms with van der Waals surface area (Å²) in [6.07, 6.45) is -5.29. The second-order valence-electron chi connectivity index (χ2n) is 11.3. The summed E-state index contributed by atoms with van der Waals surface area (Å²) in [5.74, 6) is -3.88. The highest BCUT2D eigenvalue weighted by Gasteiger charge is 2.41. The maximum atomic E-state index is 13.4. The molecule has 1 aliphatic heterocycles. The zero-order valence-electron chi connectivity index (χ0n) is 26.0. The van der Waals surface area contributed by atoms with Crippen LogP contribution in [0.1, 0.15) is 45.6 Å². The van der Waals surface area contributed by atoms with E-state index in [0.717, 1.165) is 17.0 Å². The number of likely N-dealkylation sites (tertiary alicyclic amines) is 1. The number of benzene rings is 2. The number of carbonyl (C=O) groups is 6. The van der Waals surface area contributed by atoms with E-state index in [0.29, 0.717) is 12.0 Å². The maximum absolute atomic E-state index is 13.4. The van der Waals surface area contributed by atoms with Gasteiger partial charge >= 0.3 is 12.1 Å². The van der Waals surface area contributed by atoms with Gasteiger partial charge in [-0.2, -0.15) is 13.2 Å². The first kappa shape index (κ1) is 36.5. The molecule has 0 unspecified atom stereocenters. The molecule has 47 heavy (non-hydrogen) atoms. The van der Waals surface area contributed by atoms with E-state index in [1.807, 2.05) is 6.92 Å². The Balaban J connectivity index is 1.81. The van der Waals surface area contributed by atoms with Crippen LogP contribution in [0.5, 0.6) is 5.75 Å². The number of alkyl halides is 3. The average Bonchev–Trinajstić information content (AvgIpc) is 3.45. The number of ether oxygens (including phenoxy) is 1. The molecule has 0 spiro atoms. The largest absolute Gasteiger partial charge is 0.488 e. The fraction of sp³-hybridized carbons (Fsp3) is 0.438. The second-order valence-corrected chi connectivity index (χ2v) is 11.3. The molecule has 0 aliphatic carbocycles. The Bertz CT molecular complexity index is 1480. The van der Waals surface area contributed by atoms with E-state index in [4.69, 9.17) is 9.84 Å². The molecule has 0 saturated carbocycles. The molecule has 254 valence electrons. The lowest BCUT2D eigenvalue weighted by Crippen LogP contribution is -2.54. The topological polar surface area (TPSA) is 171 Å². The molecule has 1 fully saturated rings. The normalized spacial score (nSPS) is 18.0. The highest BCUT2D eigenvalue weighted by molar-refractivity contribution is 5.93. The Morgan fingerprint density at radius 3 is 2.32 bits per heavy atom. The summed E-state index contributed by atoms with van der Waals surface area (Å²) in [6.45, 7) is 4.16. The van der Waals surface area contributed by atoms with E-state index in [1.165, 1.54) is 25.1 Å². The Morgan fingerprint density at radius 1 is 1.06 bits per heavy atom. The number of nitrogens with zero attached hydrogens (tertiary/aromatic N) is 1. The average molecular weight is 663 g/mol. The lowest BCUT2D eigenvalue weighted by molar-refractivity contribution is -0.141. The Hall–Kier alpha value is -4.95. The summed E-state index contributed by atoms with van der Waals surface area (Å²) in [5, 5.41) is 16.4. The van der Waals surface area contributed by atoms with Crippen molar-refractivity contribution in [3.05, 3.63) is 54.1 Å². The van der Waals surface area contributed by atoms with E-state index >= 15 is 0 Å². The molecule has 5 atom stereocenters. The lowest BCUT2D eigenvalue weighted by atomic mass is 9.98. The van der Waals surface area contributed by atoms with Gasteiger partial charge in [0.05, 0.1) is 31.1 Å². The molecule has 4 N–H and O–H groups in total. The first-order valence-corrected chi connectivity index (χ1v) is 14.9. The summed E-state index contributed by atoms with van der Waals surface area (Å²) in [4.78, 5) is 74.8. The van der Waals surface area contributed by atoms with Crippen molar-refractivity contribution < 1.29 is 51.8 Å². The zero-order valence-corrected chi connectivity index (χ0v) is 26.0. The predicted octanol–water partition coefficient (Wildman–Crippen LogP) is 2.55. The van der Waals surface area contributed by atoms with Crippen LogP contribution in [0.2, 0.25) is 0 Å². The van der Waals surface area contributed by atoms with Crippen LogP contribution in [0.25, 0.3) is 11.1 Å². The van der Waals surface area contributed by atoms with Crippen LogP contribution in [-0.4, -0.2) is 83.2 Å². The quantitative estimate of drug-likeness (QED) is 0.224. The third-order valence-electron chi connectivity index (χ3n) is 7.70. The summed E-state index contributed by atoms with van der Waals surface area (Å²) in [6, 6.07) is 7.51. The van der Waals surface area contributed by atoms with Crippen LogP contribution in [0.15, 0.2) is 48.5 Å². The molecule has 1 saturated heterocycles. The number of rotatable bonds is 14. The number of amides is 4. The van der Waals surface area contributed by atoms with Gasteiger partial charge in [0.1, 0.15) is 30.2 Å². The third-order valence-corrected chi connectivity index (χ3v) is 7.70. The van der Waals surface area contributed by atoms with Gasteiger partial charge in [0.25, 0.3) is 0 Å². The number of carbonyl (C=O) groups excluding carboxylic acids is 5. The van der Waals surface area contributed by atoms with Gasteiger partial charge in [0.2, 0.25) is 23.6 Å². The van der Waals surface area contributed by atoms with Gasteiger partial charge in [-0.25, -0.2) is 0 Å². The van der Waals surface area contributed by atoms with Crippen molar-refractivity contribution >= 4 is 35.9 Å². The Morgan fingerprint density at radius 2 is 1.72 bits per heavy atom. The van der Waals surface area contributed by atoms with Crippen LogP contribution in [0.4, 0.5) is 13.2 Å². The van der Waals surface area contributed by atoms with Crippen molar-refractivity contribution in [2.45, 2.75) is 70.4 Å². The minimum Gasteiger partial charge on any atom is -0.488 e. The van der Waals surface area contributed by atoms with E-state index in [-0.39, 0.29) is 36.5 Å². The summed E-state index contributed by atoms with van der Waals surface area (Å²) in [5.41, 5.74) is -0.111. The maximum Gasteiger partial charge on any atom is 0.416 e. The minimum atomic E-state index is -4.54. The van der Waals surface area contributed by atoms with Gasteiger partial charge < -0.3 is 35.5 Å². The van der Waals surface area contributed by atoms with Gasteiger partial charge in [-0.05, 0) is 41.3 Å². The Labute approximate surface area is 269 Å². The van der Waals surface area contributed by atoms with Gasteiger partial charge in [-0.1, -0.05) is 44.5 Å². The van der Waals surface area contributed by atoms with Crippen LogP contribution in [0.3, 0.4) is 0 Å². The Kier molecular flexibility index (Phi) is 12.5. The van der Waals surface area contributed by atoms with Crippen LogP contribution in [0, 0.1) is 5.92 Å². The molecule has 15 heteroatoms. The fourth-order valence-electron chi connectivity index (χ4n) is 5.12. The molecular formula is C32H37F3N4O8. The molecule has 1 aliphatic rings. The molecular weight excluding hydrogens is 625 g/mol. The van der Waals surface area contributed by atoms with Crippen LogP contribution >= 0.6 is 0 Å². The van der Waals surface area contributed by atoms with Crippen LogP contribution in [-0.2, 0) is 34.9 Å². The van der Waals surface area contributed by atoms with Gasteiger partial charge in [-0.15, -0.1) is 0 Å². The molecule has 4 amide bonds. The second kappa shape index (κ2) is 16.1. The number of nitrogens with one attached hydrogen (secondary N) is 3. The molecule has 0 bridgehead atoms. The molecule has 0 aromatic heterocycles. The van der Waals surface area contributed by atoms with Crippen molar-refractivity contribution in [2.24, 2.45) is 5.92 Å². The number of halogens is 3. The number of hydrogen-bond acceptors (Lipinski definition) is 7. The highest BCUT2D eigenvalue weighted by Crippen LogP contribution is 2.33. The van der Waals surface area contributed by atoms with Crippen molar-refractivity contribution in [1.29, 1.82) is 0 Å². The summed E-state index contributed by atoms with van der Waals surface area (Å²) in [7, 11) is 0. The summed E-state index contributed by atoms with van der Waals surface area (Å²) < 4.78 is 45.8. The third kappa shape index (κ3) is 10.3. The van der Waals surface area contributed by atoms with Gasteiger partial charge in [0, 0.05) is 13.3 Å². The molecule has 0 radical (unpaired) electrons. The number of aliphatic carboxylic acids is 1. The zero-order chi connectivity index (χ0) is 34.9. The van der Waals surface area contributed by atoms with Crippen molar-refractivity contribution in [3.8, 4) is 16.9 Å². The van der Waals surface area contributed by atoms with Crippen molar-refractivity contribution in [1.82, 2.24) is 20.9 Å². The monoisotopic (exact) mass is 662 g/mol. The molecule has 1 heterocycles. The van der Waals surface area contributed by atoms with E-state index in [9.17, 15) is 41.9 Å². The van der Waals surface area contributed by atoms with E-state index in [2.05, 4.69) is 16.0 Å². The molecule has 3 rings (SSSR count). The van der Waals surface area contributed by atoms with Crippen molar-refractivity contribution in [2.75, 3.05) is 13.1 Å². The smallest absolute Gasteiger partial charge is 0.416 e. The molecule has 2 aromatic carbocycles. The standard InChI is InChI=1S/C32H37F3N4O8/c1-4-18(2)29(37-19(3)41)31(46)36-15-27(42)39-16-25(14-26(39)30(45)38-23(17-40)13-28(43)44)47-24-10-6-8-21(12-24)20-7-5-9-22(11-20)32(33,34)35/h5-12,17-18,23,25-26,29H,4,13-16H2,1-3H3,(H,36,46)(H,37,41)(H,38,45)(H,43,44)/t18-,23-,25-,26-,29-/m0/s1. The molecule has 2 aromatic rings. The van der Waals surface area contributed by atoms with Gasteiger partial charge in [-0.3, -0.25) is 24.0 Å². The summed E-state index contributed by atoms with van der Waals surface area (Å²) >= 11 is 0.